The van der Waals surface area contributed by atoms with Crippen LogP contribution in [0.25, 0.3) is 23.0 Å². The third kappa shape index (κ3) is 5.48. The summed E-state index contributed by atoms with van der Waals surface area (Å²) in [7, 11) is 1.65. The molecule has 3 heterocycles. The molecule has 0 saturated carbocycles. The molecule has 1 amide bonds. The molecule has 1 aliphatic rings. The summed E-state index contributed by atoms with van der Waals surface area (Å²) in [5.74, 6) is 0.687. The topological polar surface area (TPSA) is 63.0 Å². The number of benzene rings is 2. The lowest BCUT2D eigenvalue weighted by molar-refractivity contribution is 0.0641. The monoisotopic (exact) mass is 509 g/mol. The van der Waals surface area contributed by atoms with Gasteiger partial charge in [0.1, 0.15) is 11.4 Å². The second-order valence-electron chi connectivity index (χ2n) is 10.7. The number of hydrogen-bond donors (Lipinski definition) is 0. The van der Waals surface area contributed by atoms with Crippen LogP contribution < -0.4 is 4.74 Å². The fraction of sp³-hybridized carbons (Fsp3) is 0.323. The summed E-state index contributed by atoms with van der Waals surface area (Å²) in [5.41, 5.74) is 4.64. The van der Waals surface area contributed by atoms with Crippen molar-refractivity contribution in [3.8, 4) is 17.0 Å². The number of aromatic nitrogens is 3. The van der Waals surface area contributed by atoms with Crippen molar-refractivity contribution in [1.29, 1.82) is 0 Å². The van der Waals surface area contributed by atoms with Gasteiger partial charge in [0.15, 0.2) is 5.65 Å². The molecule has 2 aromatic heterocycles. The zero-order valence-corrected chi connectivity index (χ0v) is 22.6. The Bertz CT molecular complexity index is 1440. The highest BCUT2D eigenvalue weighted by molar-refractivity contribution is 5.94. The van der Waals surface area contributed by atoms with Gasteiger partial charge in [0.25, 0.3) is 5.91 Å². The number of carbonyl (C=O) groups is 1. The van der Waals surface area contributed by atoms with Gasteiger partial charge in [-0.05, 0) is 23.8 Å². The van der Waals surface area contributed by atoms with Crippen molar-refractivity contribution in [3.63, 3.8) is 0 Å². The van der Waals surface area contributed by atoms with E-state index in [1.54, 1.807) is 11.6 Å². The molecular formula is C31H35N5O2. The molecule has 38 heavy (non-hydrogen) atoms. The van der Waals surface area contributed by atoms with E-state index in [4.69, 9.17) is 14.8 Å². The minimum Gasteiger partial charge on any atom is -0.496 e. The SMILES string of the molecule is COc1ccccc1-c1cc(C(=O)N2CCN(CC=Cc3ccccc3)CC2)n2nc(C(C)(C)C)cc2n1. The fourth-order valence-corrected chi connectivity index (χ4v) is 4.69. The number of fused-ring (bicyclic) bond motifs is 1. The van der Waals surface area contributed by atoms with Crippen molar-refractivity contribution in [3.05, 3.63) is 89.8 Å². The first-order chi connectivity index (χ1) is 18.3. The Labute approximate surface area is 224 Å². The van der Waals surface area contributed by atoms with Gasteiger partial charge in [0.2, 0.25) is 0 Å². The molecule has 1 saturated heterocycles. The summed E-state index contributed by atoms with van der Waals surface area (Å²) in [6.07, 6.45) is 4.34. The molecule has 0 radical (unpaired) electrons. The number of ether oxygens (including phenoxy) is 1. The average Bonchev–Trinajstić information content (AvgIpc) is 3.38. The van der Waals surface area contributed by atoms with E-state index in [0.717, 1.165) is 36.6 Å². The fourth-order valence-electron chi connectivity index (χ4n) is 4.69. The van der Waals surface area contributed by atoms with Crippen LogP contribution in [0.15, 0.2) is 72.8 Å². The van der Waals surface area contributed by atoms with Gasteiger partial charge in [0.05, 0.1) is 18.5 Å². The minimum absolute atomic E-state index is 0.0309. The van der Waals surface area contributed by atoms with Crippen LogP contribution in [0, 0.1) is 0 Å². The van der Waals surface area contributed by atoms with Crippen LogP contribution in [0.3, 0.4) is 0 Å². The predicted octanol–water partition coefficient (Wildman–Crippen LogP) is 5.17. The lowest BCUT2D eigenvalue weighted by atomic mass is 9.93. The van der Waals surface area contributed by atoms with Gasteiger partial charge >= 0.3 is 0 Å². The van der Waals surface area contributed by atoms with E-state index in [0.29, 0.717) is 30.1 Å². The number of piperazine rings is 1. The van der Waals surface area contributed by atoms with Gasteiger partial charge in [-0.1, -0.05) is 75.4 Å². The molecule has 196 valence electrons. The number of carbonyl (C=O) groups excluding carboxylic acids is 1. The second-order valence-corrected chi connectivity index (χ2v) is 10.7. The number of amides is 1. The van der Waals surface area contributed by atoms with Crippen LogP contribution in [0.5, 0.6) is 5.75 Å². The minimum atomic E-state index is -0.169. The van der Waals surface area contributed by atoms with Gasteiger partial charge < -0.3 is 9.64 Å². The Morgan fingerprint density at radius 2 is 1.68 bits per heavy atom. The van der Waals surface area contributed by atoms with E-state index in [1.165, 1.54) is 5.56 Å². The number of hydrogen-bond acceptors (Lipinski definition) is 5. The lowest BCUT2D eigenvalue weighted by Crippen LogP contribution is -2.49. The first-order valence-corrected chi connectivity index (χ1v) is 13.1. The van der Waals surface area contributed by atoms with E-state index in [1.807, 2.05) is 59.5 Å². The molecule has 1 aliphatic heterocycles. The van der Waals surface area contributed by atoms with Gasteiger partial charge in [-0.15, -0.1) is 0 Å². The van der Waals surface area contributed by atoms with Gasteiger partial charge in [-0.2, -0.15) is 5.10 Å². The standard InChI is InChI=1S/C31H35N5O2/c1-31(2,3)28-22-29-32-25(24-14-8-9-15-27(24)38-4)21-26(36(29)33-28)30(37)35-19-17-34(18-20-35)16-10-13-23-11-6-5-7-12-23/h5-15,21-22H,16-20H2,1-4H3. The molecule has 7 nitrogen and oxygen atoms in total. The largest absolute Gasteiger partial charge is 0.496 e. The molecule has 0 bridgehead atoms. The summed E-state index contributed by atoms with van der Waals surface area (Å²) in [6, 6.07) is 21.9. The maximum absolute atomic E-state index is 13.9. The number of nitrogens with zero attached hydrogens (tertiary/aromatic N) is 5. The summed E-state index contributed by atoms with van der Waals surface area (Å²) >= 11 is 0. The molecule has 0 unspecified atom stereocenters. The highest BCUT2D eigenvalue weighted by atomic mass is 16.5. The smallest absolute Gasteiger partial charge is 0.272 e. The van der Waals surface area contributed by atoms with E-state index in [9.17, 15) is 4.79 Å². The summed E-state index contributed by atoms with van der Waals surface area (Å²) in [5, 5.41) is 4.82. The third-order valence-corrected chi connectivity index (χ3v) is 6.93. The zero-order valence-electron chi connectivity index (χ0n) is 22.6. The molecule has 0 spiro atoms. The highest BCUT2D eigenvalue weighted by Crippen LogP contribution is 2.31. The van der Waals surface area contributed by atoms with Crippen LogP contribution >= 0.6 is 0 Å². The molecule has 5 rings (SSSR count). The van der Waals surface area contributed by atoms with Crippen LogP contribution in [-0.2, 0) is 5.41 Å². The number of rotatable bonds is 6. The molecular weight excluding hydrogens is 474 g/mol. The quantitative estimate of drug-likeness (QED) is 0.359. The first kappa shape index (κ1) is 25.7. The van der Waals surface area contributed by atoms with Gasteiger partial charge in [-0.3, -0.25) is 9.69 Å². The second kappa shape index (κ2) is 10.8. The number of methoxy groups -OCH3 is 1. The molecule has 0 atom stereocenters. The molecule has 4 aromatic rings. The summed E-state index contributed by atoms with van der Waals surface area (Å²) in [4.78, 5) is 23.1. The van der Waals surface area contributed by atoms with Crippen molar-refractivity contribution in [2.24, 2.45) is 0 Å². The normalized spacial score (nSPS) is 14.9. The summed E-state index contributed by atoms with van der Waals surface area (Å²) in [6.45, 7) is 10.2. The molecule has 0 aliphatic carbocycles. The Morgan fingerprint density at radius 3 is 2.39 bits per heavy atom. The van der Waals surface area contributed by atoms with Gasteiger partial charge in [0, 0.05) is 49.8 Å². The maximum atomic E-state index is 13.9. The Kier molecular flexibility index (Phi) is 7.29. The van der Waals surface area contributed by atoms with Crippen molar-refractivity contribution >= 4 is 17.6 Å². The van der Waals surface area contributed by atoms with E-state index >= 15 is 0 Å². The van der Waals surface area contributed by atoms with Gasteiger partial charge in [-0.25, -0.2) is 9.50 Å². The van der Waals surface area contributed by atoms with Crippen LogP contribution in [0.4, 0.5) is 0 Å². The van der Waals surface area contributed by atoms with E-state index in [2.05, 4.69) is 50.0 Å². The Morgan fingerprint density at radius 1 is 0.974 bits per heavy atom. The molecule has 2 aromatic carbocycles. The van der Waals surface area contributed by atoms with Crippen molar-refractivity contribution in [1.82, 2.24) is 24.4 Å². The lowest BCUT2D eigenvalue weighted by Gasteiger charge is -2.34. The molecule has 7 heteroatoms. The maximum Gasteiger partial charge on any atom is 0.272 e. The predicted molar refractivity (Wildman–Crippen MR) is 151 cm³/mol. The van der Waals surface area contributed by atoms with Crippen LogP contribution in [-0.4, -0.2) is 70.1 Å². The van der Waals surface area contributed by atoms with Crippen LogP contribution in [0.2, 0.25) is 0 Å². The van der Waals surface area contributed by atoms with Crippen LogP contribution in [0.1, 0.15) is 42.5 Å². The molecule has 0 N–H and O–H groups in total. The van der Waals surface area contributed by atoms with Crippen molar-refractivity contribution in [2.45, 2.75) is 26.2 Å². The Balaban J connectivity index is 1.40. The van der Waals surface area contributed by atoms with E-state index in [-0.39, 0.29) is 11.3 Å². The highest BCUT2D eigenvalue weighted by Gasteiger charge is 2.27. The number of para-hydroxylation sites is 1. The third-order valence-electron chi connectivity index (χ3n) is 6.93. The first-order valence-electron chi connectivity index (χ1n) is 13.1. The average molecular weight is 510 g/mol. The molecule has 1 fully saturated rings. The van der Waals surface area contributed by atoms with E-state index < -0.39 is 0 Å². The zero-order chi connectivity index (χ0) is 26.7. The van der Waals surface area contributed by atoms with Crippen molar-refractivity contribution < 1.29 is 9.53 Å². The Hall–Kier alpha value is -3.97. The summed E-state index contributed by atoms with van der Waals surface area (Å²) < 4.78 is 7.30. The van der Waals surface area contributed by atoms with Crippen molar-refractivity contribution in [2.75, 3.05) is 39.8 Å².